The second kappa shape index (κ2) is 9.43. The number of allylic oxidation sites excluding steroid dienone is 2. The third-order valence-electron chi connectivity index (χ3n) is 3.70. The van der Waals surface area contributed by atoms with Crippen molar-refractivity contribution in [2.75, 3.05) is 20.3 Å². The molecule has 0 bridgehead atoms. The van der Waals surface area contributed by atoms with E-state index in [0.29, 0.717) is 31.3 Å². The summed E-state index contributed by atoms with van der Waals surface area (Å²) >= 11 is 1.45. The lowest BCUT2D eigenvalue weighted by Crippen LogP contribution is -2.18. The molecule has 2 atom stereocenters. The van der Waals surface area contributed by atoms with Gasteiger partial charge in [0.25, 0.3) is 0 Å². The van der Waals surface area contributed by atoms with Gasteiger partial charge < -0.3 is 5.32 Å². The van der Waals surface area contributed by atoms with Crippen LogP contribution < -0.4 is 5.32 Å². The maximum Gasteiger partial charge on any atom is 0.211 e. The van der Waals surface area contributed by atoms with Gasteiger partial charge in [-0.3, -0.25) is 14.0 Å². The highest BCUT2D eigenvalue weighted by Gasteiger charge is 2.26. The number of nitrogens with one attached hydrogen (secondary N) is 1. The summed E-state index contributed by atoms with van der Waals surface area (Å²) < 4.78 is 14.9. The molecule has 1 N–H and O–H groups in total. The van der Waals surface area contributed by atoms with E-state index >= 15 is 0 Å². The van der Waals surface area contributed by atoms with Crippen molar-refractivity contribution in [1.29, 1.82) is 0 Å². The largest absolute Gasteiger partial charge is 0.332 e. The molecule has 0 aromatic heterocycles. The first kappa shape index (κ1) is 18.5. The van der Waals surface area contributed by atoms with E-state index in [1.807, 2.05) is 7.05 Å². The van der Waals surface area contributed by atoms with E-state index in [1.54, 1.807) is 4.47 Å². The third-order valence-corrected chi connectivity index (χ3v) is 4.69. The smallest absolute Gasteiger partial charge is 0.211 e. The quantitative estimate of drug-likeness (QED) is 0.422. The van der Waals surface area contributed by atoms with Gasteiger partial charge in [0.05, 0.1) is 13.3 Å². The minimum absolute atomic E-state index is 0.0111. The number of carbonyl (C=O) groups is 1. The number of hydrogen-bond donors (Lipinski definition) is 1. The van der Waals surface area contributed by atoms with Gasteiger partial charge in [-0.15, -0.1) is 4.47 Å². The normalized spacial score (nSPS) is 23.6. The maximum atomic E-state index is 13.2. The summed E-state index contributed by atoms with van der Waals surface area (Å²) in [6.45, 7) is 6.56. The van der Waals surface area contributed by atoms with Crippen molar-refractivity contribution in [2.45, 2.75) is 40.0 Å². The summed E-state index contributed by atoms with van der Waals surface area (Å²) in [7, 11) is 1.84. The molecule has 21 heavy (non-hydrogen) atoms. The molecule has 2 unspecified atom stereocenters. The van der Waals surface area contributed by atoms with Crippen LogP contribution in [0.1, 0.15) is 40.0 Å². The first-order valence-corrected chi connectivity index (χ1v) is 8.28. The van der Waals surface area contributed by atoms with Crippen LogP contribution in [0.4, 0.5) is 4.39 Å². The zero-order valence-corrected chi connectivity index (χ0v) is 14.2. The lowest BCUT2D eigenvalue weighted by atomic mass is 9.91. The van der Waals surface area contributed by atoms with E-state index in [4.69, 9.17) is 4.84 Å². The zero-order valence-electron chi connectivity index (χ0n) is 13.4. The molecule has 1 rings (SSSR count). The van der Waals surface area contributed by atoms with E-state index < -0.39 is 0 Å². The molecular formula is C15H27FN2O2S. The standard InChI is InChI=1S/C15H27FN2O2S/c1-11(2)9-20-18(4)21-15-7-13(8-16)12(3)5-6-14(15)17-10-19/h10-13H,5-9H2,1-4H3,(H,17,19). The number of alkyl halides is 1. The average Bonchev–Trinajstić information content (AvgIpc) is 2.58. The van der Waals surface area contributed by atoms with Crippen molar-refractivity contribution in [3.05, 3.63) is 10.6 Å². The van der Waals surface area contributed by atoms with Crippen molar-refractivity contribution < 1.29 is 14.0 Å². The highest BCUT2D eigenvalue weighted by atomic mass is 32.2. The molecule has 0 spiro atoms. The first-order valence-electron chi connectivity index (χ1n) is 7.50. The summed E-state index contributed by atoms with van der Waals surface area (Å²) in [5, 5.41) is 2.78. The second-order valence-electron chi connectivity index (χ2n) is 6.02. The number of halogens is 1. The number of carbonyl (C=O) groups excluding carboxylic acids is 1. The lowest BCUT2D eigenvalue weighted by Gasteiger charge is -2.22. The molecule has 4 nitrogen and oxygen atoms in total. The monoisotopic (exact) mass is 318 g/mol. The Morgan fingerprint density at radius 1 is 1.57 bits per heavy atom. The van der Waals surface area contributed by atoms with Gasteiger partial charge in [-0.1, -0.05) is 20.8 Å². The molecule has 6 heteroatoms. The molecular weight excluding hydrogens is 291 g/mol. The lowest BCUT2D eigenvalue weighted by molar-refractivity contribution is -0.109. The predicted octanol–water partition coefficient (Wildman–Crippen LogP) is 3.52. The fraction of sp³-hybridized carbons (Fsp3) is 0.800. The number of nitrogens with zero attached hydrogens (tertiary/aromatic N) is 1. The van der Waals surface area contributed by atoms with Crippen molar-refractivity contribution in [3.63, 3.8) is 0 Å². The summed E-state index contributed by atoms with van der Waals surface area (Å²) in [5.41, 5.74) is 0.901. The minimum atomic E-state index is -0.323. The van der Waals surface area contributed by atoms with Crippen LogP contribution in [0.25, 0.3) is 0 Å². The van der Waals surface area contributed by atoms with Gasteiger partial charge >= 0.3 is 0 Å². The van der Waals surface area contributed by atoms with Crippen LogP contribution in [-0.4, -0.2) is 31.2 Å². The van der Waals surface area contributed by atoms with E-state index in [1.165, 1.54) is 11.9 Å². The van der Waals surface area contributed by atoms with Crippen molar-refractivity contribution in [3.8, 4) is 0 Å². The number of rotatable bonds is 8. The Bertz CT molecular complexity index is 364. The van der Waals surface area contributed by atoms with E-state index in [-0.39, 0.29) is 12.6 Å². The fourth-order valence-electron chi connectivity index (χ4n) is 2.27. The van der Waals surface area contributed by atoms with Gasteiger partial charge in [0.15, 0.2) is 0 Å². The molecule has 0 radical (unpaired) electrons. The van der Waals surface area contributed by atoms with E-state index in [9.17, 15) is 9.18 Å². The average molecular weight is 318 g/mol. The summed E-state index contributed by atoms with van der Waals surface area (Å²) in [6, 6.07) is 0. The third kappa shape index (κ3) is 6.36. The van der Waals surface area contributed by atoms with Gasteiger partial charge in [-0.2, -0.15) is 0 Å². The molecule has 0 fully saturated rings. The van der Waals surface area contributed by atoms with Gasteiger partial charge in [0.2, 0.25) is 6.41 Å². The number of hydrogen-bond acceptors (Lipinski definition) is 4. The molecule has 0 saturated heterocycles. The van der Waals surface area contributed by atoms with E-state index in [2.05, 4.69) is 26.1 Å². The van der Waals surface area contributed by atoms with E-state index in [0.717, 1.165) is 23.4 Å². The Hall–Kier alpha value is -0.590. The zero-order chi connectivity index (χ0) is 15.8. The maximum absolute atomic E-state index is 13.2. The fourth-order valence-corrected chi connectivity index (χ4v) is 3.25. The highest BCUT2D eigenvalue weighted by Crippen LogP contribution is 2.37. The van der Waals surface area contributed by atoms with Crippen molar-refractivity contribution in [2.24, 2.45) is 17.8 Å². The topological polar surface area (TPSA) is 41.6 Å². The van der Waals surface area contributed by atoms with Crippen LogP contribution in [0.5, 0.6) is 0 Å². The van der Waals surface area contributed by atoms with Crippen LogP contribution in [0.2, 0.25) is 0 Å². The SMILES string of the molecule is CC(C)CON(C)SC1=C(NC=O)CCC(C)C(CF)C1. The Kier molecular flexibility index (Phi) is 8.29. The first-order chi connectivity index (χ1) is 9.97. The molecule has 0 aliphatic heterocycles. The van der Waals surface area contributed by atoms with Crippen LogP contribution in [-0.2, 0) is 9.63 Å². The van der Waals surface area contributed by atoms with Gasteiger partial charge in [-0.25, -0.2) is 0 Å². The molecule has 0 saturated carbocycles. The van der Waals surface area contributed by atoms with Crippen LogP contribution in [0, 0.1) is 17.8 Å². The predicted molar refractivity (Wildman–Crippen MR) is 84.8 cm³/mol. The second-order valence-corrected chi connectivity index (χ2v) is 7.21. The van der Waals surface area contributed by atoms with Crippen LogP contribution in [0.15, 0.2) is 10.6 Å². The molecule has 0 heterocycles. The van der Waals surface area contributed by atoms with Crippen LogP contribution >= 0.6 is 11.9 Å². The Morgan fingerprint density at radius 2 is 2.29 bits per heavy atom. The summed E-state index contributed by atoms with van der Waals surface area (Å²) in [6.07, 6.45) is 3.02. The van der Waals surface area contributed by atoms with Crippen LogP contribution in [0.3, 0.4) is 0 Å². The molecule has 1 amide bonds. The Balaban J connectivity index is 2.76. The van der Waals surface area contributed by atoms with Crippen molar-refractivity contribution in [1.82, 2.24) is 9.79 Å². The Morgan fingerprint density at radius 3 is 2.86 bits per heavy atom. The molecule has 0 aromatic rings. The number of hydroxylamine groups is 1. The number of amides is 1. The van der Waals surface area contributed by atoms with Crippen molar-refractivity contribution >= 4 is 18.4 Å². The summed E-state index contributed by atoms with van der Waals surface area (Å²) in [5.74, 6) is 0.776. The van der Waals surface area contributed by atoms with Gasteiger partial charge in [0, 0.05) is 17.6 Å². The molecule has 122 valence electrons. The Labute approximate surface area is 131 Å². The molecule has 1 aliphatic carbocycles. The minimum Gasteiger partial charge on any atom is -0.332 e. The highest BCUT2D eigenvalue weighted by molar-refractivity contribution is 8.00. The summed E-state index contributed by atoms with van der Waals surface area (Å²) in [4.78, 5) is 17.4. The molecule has 1 aliphatic rings. The van der Waals surface area contributed by atoms with Gasteiger partial charge in [-0.05, 0) is 49.0 Å². The van der Waals surface area contributed by atoms with Gasteiger partial charge in [0.1, 0.15) is 0 Å². The molecule has 0 aromatic carbocycles.